The van der Waals surface area contributed by atoms with Crippen LogP contribution in [0, 0.1) is 12.7 Å². The molecular formula is C10H10BrFN2O4. The van der Waals surface area contributed by atoms with Crippen LogP contribution in [-0.4, -0.2) is 23.7 Å². The Kier molecular flexibility index (Phi) is 5.05. The molecule has 1 rings (SSSR count). The van der Waals surface area contributed by atoms with Gasteiger partial charge in [0.2, 0.25) is 0 Å². The van der Waals surface area contributed by atoms with Gasteiger partial charge in [-0.15, -0.1) is 0 Å². The van der Waals surface area contributed by atoms with E-state index in [1.54, 1.807) is 6.92 Å². The fraction of sp³-hybridized carbons (Fsp3) is 0.200. The number of amides is 2. The van der Waals surface area contributed by atoms with E-state index in [9.17, 15) is 14.0 Å². The molecule has 98 valence electrons. The highest BCUT2D eigenvalue weighted by atomic mass is 79.9. The van der Waals surface area contributed by atoms with Crippen molar-refractivity contribution in [3.05, 3.63) is 28.0 Å². The number of anilines is 1. The lowest BCUT2D eigenvalue weighted by atomic mass is 10.2. The van der Waals surface area contributed by atoms with E-state index < -0.39 is 24.4 Å². The second-order valence-electron chi connectivity index (χ2n) is 3.32. The summed E-state index contributed by atoms with van der Waals surface area (Å²) in [5.41, 5.74) is 2.78. The molecule has 0 radical (unpaired) electrons. The lowest BCUT2D eigenvalue weighted by molar-refractivity contribution is -0.143. The highest BCUT2D eigenvalue weighted by Crippen LogP contribution is 2.24. The highest BCUT2D eigenvalue weighted by molar-refractivity contribution is 9.10. The first kappa shape index (κ1) is 14.4. The maximum absolute atomic E-state index is 13.1. The molecule has 8 heteroatoms. The van der Waals surface area contributed by atoms with E-state index in [4.69, 9.17) is 5.11 Å². The maximum atomic E-state index is 13.1. The molecule has 0 saturated carbocycles. The van der Waals surface area contributed by atoms with E-state index in [2.05, 4.69) is 26.1 Å². The third-order valence-corrected chi connectivity index (χ3v) is 2.48. The zero-order chi connectivity index (χ0) is 13.7. The Morgan fingerprint density at radius 3 is 2.78 bits per heavy atom. The Morgan fingerprint density at radius 2 is 2.17 bits per heavy atom. The Hall–Kier alpha value is -1.67. The minimum atomic E-state index is -1.21. The predicted octanol–water partition coefficient (Wildman–Crippen LogP) is 2.03. The Morgan fingerprint density at radius 1 is 1.50 bits per heavy atom. The zero-order valence-corrected chi connectivity index (χ0v) is 10.9. The first-order chi connectivity index (χ1) is 8.40. The second kappa shape index (κ2) is 6.31. The minimum absolute atomic E-state index is 0.204. The average molecular weight is 321 g/mol. The van der Waals surface area contributed by atoms with Gasteiger partial charge in [-0.2, -0.15) is 0 Å². The van der Waals surface area contributed by atoms with Gasteiger partial charge >= 0.3 is 12.0 Å². The standard InChI is InChI=1S/C10H10BrFN2O4/c1-5-2-7(12)6(11)3-8(5)13-10(17)14-18-4-9(15)16/h2-3H,4H2,1H3,(H,15,16)(H2,13,14,17). The predicted molar refractivity (Wildman–Crippen MR) is 64.6 cm³/mol. The molecule has 0 fully saturated rings. The second-order valence-corrected chi connectivity index (χ2v) is 4.17. The fourth-order valence-corrected chi connectivity index (χ4v) is 1.44. The van der Waals surface area contributed by atoms with Gasteiger partial charge in [-0.3, -0.25) is 4.84 Å². The van der Waals surface area contributed by atoms with Gasteiger partial charge in [-0.05, 0) is 40.5 Å². The minimum Gasteiger partial charge on any atom is -0.479 e. The Bertz CT molecular complexity index is 481. The molecule has 18 heavy (non-hydrogen) atoms. The number of nitrogens with one attached hydrogen (secondary N) is 2. The third kappa shape index (κ3) is 4.30. The number of halogens is 2. The van der Waals surface area contributed by atoms with Crippen LogP contribution < -0.4 is 10.8 Å². The lowest BCUT2D eigenvalue weighted by Gasteiger charge is -2.10. The molecule has 0 unspecified atom stereocenters. The van der Waals surface area contributed by atoms with Gasteiger partial charge in [0.15, 0.2) is 6.61 Å². The molecule has 0 aromatic heterocycles. The summed E-state index contributed by atoms with van der Waals surface area (Å²) < 4.78 is 13.3. The highest BCUT2D eigenvalue weighted by Gasteiger charge is 2.08. The molecule has 2 amide bonds. The molecule has 0 aliphatic carbocycles. The molecular weight excluding hydrogens is 311 g/mol. The summed E-state index contributed by atoms with van der Waals surface area (Å²) in [7, 11) is 0. The molecule has 6 nitrogen and oxygen atoms in total. The molecule has 3 N–H and O–H groups in total. The number of carboxylic acids is 1. The van der Waals surface area contributed by atoms with E-state index in [1.807, 2.05) is 5.48 Å². The van der Waals surface area contributed by atoms with Crippen LogP contribution in [0.3, 0.4) is 0 Å². The number of benzene rings is 1. The van der Waals surface area contributed by atoms with Crippen molar-refractivity contribution in [2.75, 3.05) is 11.9 Å². The van der Waals surface area contributed by atoms with Gasteiger partial charge in [0.1, 0.15) is 5.82 Å². The van der Waals surface area contributed by atoms with Crippen molar-refractivity contribution in [3.8, 4) is 0 Å². The van der Waals surface area contributed by atoms with E-state index in [1.165, 1.54) is 12.1 Å². The Labute approximate surface area is 110 Å². The topological polar surface area (TPSA) is 87.7 Å². The summed E-state index contributed by atoms with van der Waals surface area (Å²) in [6.07, 6.45) is 0. The van der Waals surface area contributed by atoms with E-state index in [-0.39, 0.29) is 4.47 Å². The summed E-state index contributed by atoms with van der Waals surface area (Å²) in [4.78, 5) is 25.8. The first-order valence-corrected chi connectivity index (χ1v) is 5.55. The zero-order valence-electron chi connectivity index (χ0n) is 9.29. The maximum Gasteiger partial charge on any atom is 0.343 e. The number of aryl methyl sites for hydroxylation is 1. The normalized spacial score (nSPS) is 9.94. The van der Waals surface area contributed by atoms with Gasteiger partial charge in [0.25, 0.3) is 0 Å². The van der Waals surface area contributed by atoms with Crippen molar-refractivity contribution >= 4 is 33.6 Å². The van der Waals surface area contributed by atoms with Gasteiger partial charge in [-0.1, -0.05) is 0 Å². The van der Waals surface area contributed by atoms with Crippen molar-refractivity contribution in [1.29, 1.82) is 0 Å². The average Bonchev–Trinajstić information content (AvgIpc) is 2.25. The SMILES string of the molecule is Cc1cc(F)c(Br)cc1NC(=O)NOCC(=O)O. The number of hydrogen-bond acceptors (Lipinski definition) is 3. The molecule has 1 aromatic carbocycles. The molecule has 0 bridgehead atoms. The van der Waals surface area contributed by atoms with Crippen molar-refractivity contribution in [2.24, 2.45) is 0 Å². The number of hydroxylamine groups is 1. The van der Waals surface area contributed by atoms with Crippen LogP contribution in [0.5, 0.6) is 0 Å². The number of carbonyl (C=O) groups excluding carboxylic acids is 1. The van der Waals surface area contributed by atoms with E-state index in [0.717, 1.165) is 0 Å². The van der Waals surface area contributed by atoms with Crippen LogP contribution in [0.2, 0.25) is 0 Å². The van der Waals surface area contributed by atoms with Crippen LogP contribution in [0.15, 0.2) is 16.6 Å². The van der Waals surface area contributed by atoms with Crippen LogP contribution in [0.4, 0.5) is 14.9 Å². The number of hydrogen-bond donors (Lipinski definition) is 3. The number of carbonyl (C=O) groups is 2. The first-order valence-electron chi connectivity index (χ1n) is 4.76. The summed E-state index contributed by atoms with van der Waals surface area (Å²) in [5, 5.41) is 10.7. The summed E-state index contributed by atoms with van der Waals surface area (Å²) in [6, 6.07) is 1.89. The summed E-state index contributed by atoms with van der Waals surface area (Å²) in [6.45, 7) is 0.961. The molecule has 0 aliphatic heterocycles. The van der Waals surface area contributed by atoms with Crippen LogP contribution in [0.25, 0.3) is 0 Å². The summed E-state index contributed by atoms with van der Waals surface area (Å²) in [5.74, 6) is -1.66. The van der Waals surface area contributed by atoms with Crippen molar-refractivity contribution in [2.45, 2.75) is 6.92 Å². The van der Waals surface area contributed by atoms with Gasteiger partial charge in [0.05, 0.1) is 4.47 Å². The van der Waals surface area contributed by atoms with Gasteiger partial charge in [-0.25, -0.2) is 19.5 Å². The molecule has 0 heterocycles. The van der Waals surface area contributed by atoms with Crippen molar-refractivity contribution < 1.29 is 23.9 Å². The largest absolute Gasteiger partial charge is 0.479 e. The summed E-state index contributed by atoms with van der Waals surface area (Å²) >= 11 is 2.99. The van der Waals surface area contributed by atoms with Crippen LogP contribution in [-0.2, 0) is 9.63 Å². The molecule has 0 saturated heterocycles. The smallest absolute Gasteiger partial charge is 0.343 e. The van der Waals surface area contributed by atoms with Crippen molar-refractivity contribution in [1.82, 2.24) is 5.48 Å². The van der Waals surface area contributed by atoms with Crippen molar-refractivity contribution in [3.63, 3.8) is 0 Å². The number of aliphatic carboxylic acids is 1. The molecule has 0 spiro atoms. The van der Waals surface area contributed by atoms with Gasteiger partial charge in [0, 0.05) is 5.69 Å². The van der Waals surface area contributed by atoms with Crippen LogP contribution in [0.1, 0.15) is 5.56 Å². The van der Waals surface area contributed by atoms with E-state index >= 15 is 0 Å². The number of rotatable bonds is 4. The number of carboxylic acid groups (broad SMARTS) is 1. The molecule has 0 aliphatic rings. The fourth-order valence-electron chi connectivity index (χ4n) is 1.09. The van der Waals surface area contributed by atoms with E-state index in [0.29, 0.717) is 11.3 Å². The quantitative estimate of drug-likeness (QED) is 0.741. The van der Waals surface area contributed by atoms with Crippen LogP contribution >= 0.6 is 15.9 Å². The Balaban J connectivity index is 2.59. The third-order valence-electron chi connectivity index (χ3n) is 1.88. The number of urea groups is 1. The monoisotopic (exact) mass is 320 g/mol. The molecule has 1 aromatic rings. The molecule has 0 atom stereocenters. The lowest BCUT2D eigenvalue weighted by Crippen LogP contribution is -2.31. The van der Waals surface area contributed by atoms with Gasteiger partial charge < -0.3 is 10.4 Å².